The summed E-state index contributed by atoms with van der Waals surface area (Å²) in [5.41, 5.74) is 13.1. The van der Waals surface area contributed by atoms with Crippen LogP contribution in [0.15, 0.2) is 48.5 Å². The molecule has 0 aliphatic rings. The van der Waals surface area contributed by atoms with E-state index in [9.17, 15) is 9.59 Å². The van der Waals surface area contributed by atoms with E-state index in [2.05, 4.69) is 10.6 Å². The zero-order valence-electron chi connectivity index (χ0n) is 16.8. The number of nitrogens with one attached hydrogen (secondary N) is 4. The minimum atomic E-state index is -0.145. The molecule has 2 rings (SSSR count). The Kier molecular flexibility index (Phi) is 8.56. The summed E-state index contributed by atoms with van der Waals surface area (Å²) in [6.45, 7) is 1.17. The highest BCUT2D eigenvalue weighted by Crippen LogP contribution is 2.06. The van der Waals surface area contributed by atoms with Gasteiger partial charge in [-0.05, 0) is 37.1 Å². The van der Waals surface area contributed by atoms with Gasteiger partial charge >= 0.3 is 0 Å². The average Bonchev–Trinajstić information content (AvgIpc) is 2.75. The van der Waals surface area contributed by atoms with Crippen LogP contribution in [-0.2, 0) is 0 Å². The van der Waals surface area contributed by atoms with Gasteiger partial charge in [-0.2, -0.15) is 0 Å². The van der Waals surface area contributed by atoms with Crippen molar-refractivity contribution in [2.24, 2.45) is 11.5 Å². The number of nitrogen functional groups attached to an aromatic ring is 2. The van der Waals surface area contributed by atoms with Crippen molar-refractivity contribution in [1.29, 1.82) is 10.8 Å². The summed E-state index contributed by atoms with van der Waals surface area (Å²) in [6.07, 6.45) is 3.62. The highest BCUT2D eigenvalue weighted by Gasteiger charge is 2.06. The zero-order valence-corrected chi connectivity index (χ0v) is 16.8. The van der Waals surface area contributed by atoms with Gasteiger partial charge in [-0.15, -0.1) is 0 Å². The number of rotatable bonds is 11. The van der Waals surface area contributed by atoms with E-state index in [1.165, 1.54) is 0 Å². The van der Waals surface area contributed by atoms with Crippen LogP contribution in [0, 0.1) is 10.8 Å². The minimum absolute atomic E-state index is 0.0240. The van der Waals surface area contributed by atoms with E-state index >= 15 is 0 Å². The first-order valence-electron chi connectivity index (χ1n) is 9.84. The third-order valence-corrected chi connectivity index (χ3v) is 4.59. The van der Waals surface area contributed by atoms with Gasteiger partial charge in [-0.3, -0.25) is 20.4 Å². The van der Waals surface area contributed by atoms with Crippen LogP contribution in [-0.4, -0.2) is 36.6 Å². The Morgan fingerprint density at radius 3 is 1.20 bits per heavy atom. The number of hydrogen-bond donors (Lipinski definition) is 6. The van der Waals surface area contributed by atoms with E-state index in [1.54, 1.807) is 48.5 Å². The molecule has 0 aromatic heterocycles. The van der Waals surface area contributed by atoms with Gasteiger partial charge in [-0.1, -0.05) is 37.1 Å². The Balaban J connectivity index is 1.56. The number of hydrogen-bond acceptors (Lipinski definition) is 4. The number of amides is 2. The van der Waals surface area contributed by atoms with Crippen molar-refractivity contribution >= 4 is 23.5 Å². The lowest BCUT2D eigenvalue weighted by molar-refractivity contribution is 0.0943. The predicted octanol–water partition coefficient (Wildman–Crippen LogP) is 1.97. The number of unbranched alkanes of at least 4 members (excludes halogenated alkanes) is 3. The third-order valence-electron chi connectivity index (χ3n) is 4.59. The van der Waals surface area contributed by atoms with Gasteiger partial charge in [0.2, 0.25) is 0 Å². The van der Waals surface area contributed by atoms with Crippen molar-refractivity contribution < 1.29 is 9.59 Å². The van der Waals surface area contributed by atoms with Crippen LogP contribution in [0.25, 0.3) is 0 Å². The molecule has 8 nitrogen and oxygen atoms in total. The average molecular weight is 409 g/mol. The lowest BCUT2D eigenvalue weighted by Crippen LogP contribution is -2.25. The Morgan fingerprint density at radius 2 is 0.900 bits per heavy atom. The molecule has 0 bridgehead atoms. The molecule has 2 amide bonds. The summed E-state index contributed by atoms with van der Waals surface area (Å²) in [6, 6.07) is 13.2. The highest BCUT2D eigenvalue weighted by atomic mass is 16.2. The molecule has 0 radical (unpaired) electrons. The van der Waals surface area contributed by atoms with E-state index in [0.29, 0.717) is 35.3 Å². The second-order valence-corrected chi connectivity index (χ2v) is 6.91. The zero-order chi connectivity index (χ0) is 21.9. The van der Waals surface area contributed by atoms with Gasteiger partial charge in [0.05, 0.1) is 0 Å². The van der Waals surface area contributed by atoms with Crippen molar-refractivity contribution in [1.82, 2.24) is 10.6 Å². The van der Waals surface area contributed by atoms with Crippen LogP contribution in [0.5, 0.6) is 0 Å². The second kappa shape index (κ2) is 11.4. The summed E-state index contributed by atoms with van der Waals surface area (Å²) >= 11 is 0. The van der Waals surface area contributed by atoms with E-state index in [0.717, 1.165) is 25.7 Å². The van der Waals surface area contributed by atoms with Crippen molar-refractivity contribution in [3.8, 4) is 0 Å². The first-order chi connectivity index (χ1) is 14.4. The molecule has 0 fully saturated rings. The van der Waals surface area contributed by atoms with Crippen LogP contribution in [0.3, 0.4) is 0 Å². The summed E-state index contributed by atoms with van der Waals surface area (Å²) in [4.78, 5) is 24.1. The molecule has 0 heterocycles. The van der Waals surface area contributed by atoms with Gasteiger partial charge in [0.25, 0.3) is 11.8 Å². The lowest BCUT2D eigenvalue weighted by Gasteiger charge is -2.07. The number of amidine groups is 2. The molecule has 0 atom stereocenters. The van der Waals surface area contributed by atoms with Crippen molar-refractivity contribution in [3.63, 3.8) is 0 Å². The van der Waals surface area contributed by atoms with Gasteiger partial charge in [0.1, 0.15) is 11.7 Å². The van der Waals surface area contributed by atoms with Crippen LogP contribution in [0.2, 0.25) is 0 Å². The Bertz CT molecular complexity index is 815. The fourth-order valence-corrected chi connectivity index (χ4v) is 2.81. The number of nitrogens with two attached hydrogens (primary N) is 2. The maximum absolute atomic E-state index is 12.1. The smallest absolute Gasteiger partial charge is 0.251 e. The molecule has 0 spiro atoms. The van der Waals surface area contributed by atoms with Crippen LogP contribution >= 0.6 is 0 Å². The topological polar surface area (TPSA) is 158 Å². The molecular weight excluding hydrogens is 380 g/mol. The molecule has 158 valence electrons. The Hall–Kier alpha value is -3.68. The minimum Gasteiger partial charge on any atom is -0.384 e. The van der Waals surface area contributed by atoms with Crippen LogP contribution in [0.4, 0.5) is 0 Å². The summed E-state index contributed by atoms with van der Waals surface area (Å²) in [7, 11) is 0. The van der Waals surface area contributed by atoms with Crippen LogP contribution < -0.4 is 22.1 Å². The molecule has 2 aromatic rings. The Labute approximate surface area is 176 Å². The molecule has 8 heteroatoms. The molecule has 30 heavy (non-hydrogen) atoms. The van der Waals surface area contributed by atoms with Crippen molar-refractivity contribution in [3.05, 3.63) is 70.8 Å². The van der Waals surface area contributed by atoms with Gasteiger partial charge in [0.15, 0.2) is 0 Å². The fraction of sp³-hybridized carbons (Fsp3) is 0.273. The van der Waals surface area contributed by atoms with E-state index < -0.39 is 0 Å². The fourth-order valence-electron chi connectivity index (χ4n) is 2.81. The quantitative estimate of drug-likeness (QED) is 0.191. The maximum atomic E-state index is 12.1. The van der Waals surface area contributed by atoms with Gasteiger partial charge < -0.3 is 22.1 Å². The number of benzene rings is 2. The molecule has 0 aliphatic heterocycles. The predicted molar refractivity (Wildman–Crippen MR) is 118 cm³/mol. The van der Waals surface area contributed by atoms with Gasteiger partial charge in [-0.25, -0.2) is 0 Å². The summed E-state index contributed by atoms with van der Waals surface area (Å²) in [5.74, 6) is -0.339. The first kappa shape index (κ1) is 22.6. The summed E-state index contributed by atoms with van der Waals surface area (Å²) in [5, 5.41) is 20.4. The number of carbonyl (C=O) groups is 2. The normalized spacial score (nSPS) is 10.3. The molecule has 8 N–H and O–H groups in total. The van der Waals surface area contributed by atoms with E-state index in [4.69, 9.17) is 22.3 Å². The summed E-state index contributed by atoms with van der Waals surface area (Å²) < 4.78 is 0. The maximum Gasteiger partial charge on any atom is 0.251 e. The van der Waals surface area contributed by atoms with Gasteiger partial charge in [0, 0.05) is 35.3 Å². The molecule has 0 saturated carbocycles. The molecule has 2 aromatic carbocycles. The Morgan fingerprint density at radius 1 is 0.600 bits per heavy atom. The second-order valence-electron chi connectivity index (χ2n) is 6.91. The van der Waals surface area contributed by atoms with Crippen LogP contribution in [0.1, 0.15) is 57.5 Å². The lowest BCUT2D eigenvalue weighted by atomic mass is 10.1. The SMILES string of the molecule is N=C(N)c1ccc(C(=O)NCCCCCCNC(=O)c2ccc(C(=N)N)cc2)cc1. The monoisotopic (exact) mass is 408 g/mol. The molecule has 0 aliphatic carbocycles. The van der Waals surface area contributed by atoms with E-state index in [-0.39, 0.29) is 23.5 Å². The van der Waals surface area contributed by atoms with Crippen molar-refractivity contribution in [2.75, 3.05) is 13.1 Å². The standard InChI is InChI=1S/C22H28N6O2/c23-19(24)15-5-9-17(10-6-15)21(29)27-13-3-1-2-4-14-28-22(30)18-11-7-16(8-12-18)20(25)26/h5-12H,1-4,13-14H2,(H3,23,24)(H3,25,26)(H,27,29)(H,28,30). The first-order valence-corrected chi connectivity index (χ1v) is 9.84. The third kappa shape index (κ3) is 7.05. The molecular formula is C22H28N6O2. The molecule has 0 unspecified atom stereocenters. The van der Waals surface area contributed by atoms with E-state index in [1.807, 2.05) is 0 Å². The molecule has 0 saturated heterocycles. The highest BCUT2D eigenvalue weighted by molar-refractivity contribution is 5.98. The largest absolute Gasteiger partial charge is 0.384 e. The number of carbonyl (C=O) groups excluding carboxylic acids is 2. The van der Waals surface area contributed by atoms with Crippen molar-refractivity contribution in [2.45, 2.75) is 25.7 Å².